The predicted molar refractivity (Wildman–Crippen MR) is 91.6 cm³/mol. The molecule has 1 unspecified atom stereocenters. The quantitative estimate of drug-likeness (QED) is 0.893. The van der Waals surface area contributed by atoms with Gasteiger partial charge in [0.1, 0.15) is 0 Å². The molecule has 23 heavy (non-hydrogen) atoms. The summed E-state index contributed by atoms with van der Waals surface area (Å²) in [7, 11) is 0. The Balaban J connectivity index is 1.97. The molecule has 1 aliphatic heterocycles. The number of aromatic nitrogens is 2. The monoisotopic (exact) mass is 311 g/mol. The largest absolute Gasteiger partial charge is 0.317 e. The first-order valence-electron chi connectivity index (χ1n) is 7.72. The molecule has 0 fully saturated rings. The maximum absolute atomic E-state index is 11.9. The molecule has 2 atom stereocenters. The van der Waals surface area contributed by atoms with Crippen molar-refractivity contribution in [3.63, 3.8) is 0 Å². The SMILES string of the molecule is CC1=N[C@H](Nc2nc(C)c3cc(C)cc(C)c3n2)NC(=O)C1C. The number of fused-ring (bicyclic) bond motifs is 1. The van der Waals surface area contributed by atoms with Crippen LogP contribution < -0.4 is 10.6 Å². The van der Waals surface area contributed by atoms with Gasteiger partial charge in [0.25, 0.3) is 0 Å². The van der Waals surface area contributed by atoms with Crippen LogP contribution in [0.25, 0.3) is 10.9 Å². The smallest absolute Gasteiger partial charge is 0.231 e. The maximum atomic E-state index is 11.9. The Kier molecular flexibility index (Phi) is 3.75. The van der Waals surface area contributed by atoms with Crippen molar-refractivity contribution in [1.29, 1.82) is 0 Å². The molecule has 0 spiro atoms. The Hall–Kier alpha value is -2.50. The predicted octanol–water partition coefficient (Wildman–Crippen LogP) is 2.48. The number of anilines is 1. The van der Waals surface area contributed by atoms with E-state index < -0.39 is 6.29 Å². The van der Waals surface area contributed by atoms with E-state index in [0.717, 1.165) is 27.9 Å². The highest BCUT2D eigenvalue weighted by molar-refractivity contribution is 6.04. The highest BCUT2D eigenvalue weighted by atomic mass is 16.2. The molecule has 2 aromatic rings. The van der Waals surface area contributed by atoms with E-state index in [9.17, 15) is 4.79 Å². The second kappa shape index (κ2) is 5.61. The molecular formula is C17H21N5O. The summed E-state index contributed by atoms with van der Waals surface area (Å²) >= 11 is 0. The van der Waals surface area contributed by atoms with E-state index in [1.807, 2.05) is 27.7 Å². The summed E-state index contributed by atoms with van der Waals surface area (Å²) in [6, 6.07) is 4.19. The third kappa shape index (κ3) is 2.88. The molecule has 0 bridgehead atoms. The number of nitrogens with zero attached hydrogens (tertiary/aromatic N) is 3. The van der Waals surface area contributed by atoms with Crippen molar-refractivity contribution < 1.29 is 4.79 Å². The highest BCUT2D eigenvalue weighted by Gasteiger charge is 2.25. The first-order valence-corrected chi connectivity index (χ1v) is 7.72. The number of aliphatic imine (C=N–C) groups is 1. The van der Waals surface area contributed by atoms with Gasteiger partial charge in [-0.05, 0) is 46.2 Å². The fourth-order valence-corrected chi connectivity index (χ4v) is 2.79. The van der Waals surface area contributed by atoms with E-state index in [2.05, 4.69) is 44.7 Å². The number of amides is 1. The van der Waals surface area contributed by atoms with Crippen LogP contribution in [-0.2, 0) is 4.79 Å². The standard InChI is InChI=1S/C17H21N5O/c1-8-6-9(2)14-13(7-8)12(5)19-16(20-14)22-17-18-11(4)10(3)15(23)21-17/h6-7,10,17H,1-5H3,(H,21,23)(H,19,20,22)/t10?,17-/m0/s1. The average molecular weight is 311 g/mol. The number of nitrogens with one attached hydrogen (secondary N) is 2. The van der Waals surface area contributed by atoms with Gasteiger partial charge in [0, 0.05) is 11.1 Å². The van der Waals surface area contributed by atoms with Gasteiger partial charge >= 0.3 is 0 Å². The number of hydrogen-bond donors (Lipinski definition) is 2. The van der Waals surface area contributed by atoms with Gasteiger partial charge in [0.15, 0.2) is 6.29 Å². The summed E-state index contributed by atoms with van der Waals surface area (Å²) < 4.78 is 0. The number of rotatable bonds is 2. The number of hydrogen-bond acceptors (Lipinski definition) is 5. The molecule has 0 radical (unpaired) electrons. The zero-order valence-electron chi connectivity index (χ0n) is 14.1. The maximum Gasteiger partial charge on any atom is 0.231 e. The number of aryl methyl sites for hydroxylation is 3. The highest BCUT2D eigenvalue weighted by Crippen LogP contribution is 2.22. The van der Waals surface area contributed by atoms with E-state index in [0.29, 0.717) is 5.95 Å². The van der Waals surface area contributed by atoms with Crippen LogP contribution in [0.4, 0.5) is 5.95 Å². The molecule has 120 valence electrons. The van der Waals surface area contributed by atoms with Crippen LogP contribution in [0.3, 0.4) is 0 Å². The van der Waals surface area contributed by atoms with Gasteiger partial charge in [-0.15, -0.1) is 0 Å². The van der Waals surface area contributed by atoms with Gasteiger partial charge in [-0.3, -0.25) is 4.79 Å². The summed E-state index contributed by atoms with van der Waals surface area (Å²) in [6.07, 6.45) is -0.527. The molecule has 1 amide bonds. The lowest BCUT2D eigenvalue weighted by molar-refractivity contribution is -0.123. The summed E-state index contributed by atoms with van der Waals surface area (Å²) in [6.45, 7) is 9.76. The summed E-state index contributed by atoms with van der Waals surface area (Å²) in [5.41, 5.74) is 4.92. The summed E-state index contributed by atoms with van der Waals surface area (Å²) in [5.74, 6) is 0.232. The molecule has 2 heterocycles. The van der Waals surface area contributed by atoms with Crippen LogP contribution >= 0.6 is 0 Å². The van der Waals surface area contributed by atoms with Gasteiger partial charge in [-0.2, -0.15) is 0 Å². The summed E-state index contributed by atoms with van der Waals surface area (Å²) in [4.78, 5) is 25.5. The number of benzene rings is 1. The van der Waals surface area contributed by atoms with Crippen LogP contribution in [0.1, 0.15) is 30.7 Å². The van der Waals surface area contributed by atoms with Crippen LogP contribution in [0.5, 0.6) is 0 Å². The Labute approximate surface area is 135 Å². The Bertz CT molecular complexity index is 827. The molecular weight excluding hydrogens is 290 g/mol. The Morgan fingerprint density at radius 3 is 2.57 bits per heavy atom. The number of carbonyl (C=O) groups is 1. The third-order valence-corrected chi connectivity index (χ3v) is 4.22. The van der Waals surface area contributed by atoms with Crippen LogP contribution in [0.15, 0.2) is 17.1 Å². The molecule has 6 heteroatoms. The van der Waals surface area contributed by atoms with E-state index >= 15 is 0 Å². The van der Waals surface area contributed by atoms with Crippen molar-refractivity contribution in [2.45, 2.75) is 40.9 Å². The topological polar surface area (TPSA) is 79.3 Å². The van der Waals surface area contributed by atoms with Crippen LogP contribution in [-0.4, -0.2) is 27.9 Å². The van der Waals surface area contributed by atoms with E-state index in [1.165, 1.54) is 5.56 Å². The molecule has 6 nitrogen and oxygen atoms in total. The molecule has 0 saturated carbocycles. The lowest BCUT2D eigenvalue weighted by Gasteiger charge is -2.25. The van der Waals surface area contributed by atoms with Crippen molar-refractivity contribution in [2.75, 3.05) is 5.32 Å². The van der Waals surface area contributed by atoms with Gasteiger partial charge in [0.2, 0.25) is 11.9 Å². The first-order chi connectivity index (χ1) is 10.8. The fourth-order valence-electron chi connectivity index (χ4n) is 2.79. The number of carbonyl (C=O) groups excluding carboxylic acids is 1. The lowest BCUT2D eigenvalue weighted by atomic mass is 10.1. The normalized spacial score (nSPS) is 21.1. The van der Waals surface area contributed by atoms with E-state index in [4.69, 9.17) is 0 Å². The van der Waals surface area contributed by atoms with Gasteiger partial charge in [0.05, 0.1) is 17.1 Å². The second-order valence-corrected chi connectivity index (χ2v) is 6.16. The van der Waals surface area contributed by atoms with Crippen molar-refractivity contribution in [1.82, 2.24) is 15.3 Å². The third-order valence-electron chi connectivity index (χ3n) is 4.22. The molecule has 2 N–H and O–H groups in total. The molecule has 1 aromatic carbocycles. The van der Waals surface area contributed by atoms with Crippen molar-refractivity contribution in [3.8, 4) is 0 Å². The van der Waals surface area contributed by atoms with Gasteiger partial charge in [-0.25, -0.2) is 15.0 Å². The first kappa shape index (κ1) is 15.4. The van der Waals surface area contributed by atoms with Gasteiger partial charge < -0.3 is 10.6 Å². The Morgan fingerprint density at radius 2 is 1.87 bits per heavy atom. The van der Waals surface area contributed by atoms with Crippen LogP contribution in [0, 0.1) is 26.7 Å². The zero-order chi connectivity index (χ0) is 16.7. The minimum Gasteiger partial charge on any atom is -0.317 e. The fraction of sp³-hybridized carbons (Fsp3) is 0.412. The zero-order valence-corrected chi connectivity index (χ0v) is 14.1. The molecule has 0 aliphatic carbocycles. The van der Waals surface area contributed by atoms with Crippen molar-refractivity contribution in [2.24, 2.45) is 10.9 Å². The van der Waals surface area contributed by atoms with Crippen molar-refractivity contribution in [3.05, 3.63) is 29.0 Å². The molecule has 1 aliphatic rings. The second-order valence-electron chi connectivity index (χ2n) is 6.16. The van der Waals surface area contributed by atoms with Crippen LogP contribution in [0.2, 0.25) is 0 Å². The average Bonchev–Trinajstić information content (AvgIpc) is 2.46. The molecule has 0 saturated heterocycles. The lowest BCUT2D eigenvalue weighted by Crippen LogP contribution is -2.48. The minimum atomic E-state index is -0.527. The Morgan fingerprint density at radius 1 is 1.13 bits per heavy atom. The van der Waals surface area contributed by atoms with E-state index in [-0.39, 0.29) is 11.8 Å². The summed E-state index contributed by atoms with van der Waals surface area (Å²) in [5, 5.41) is 6.96. The minimum absolute atomic E-state index is 0.0423. The van der Waals surface area contributed by atoms with Crippen molar-refractivity contribution >= 4 is 28.5 Å². The molecule has 1 aromatic heterocycles. The van der Waals surface area contributed by atoms with E-state index in [1.54, 1.807) is 0 Å². The molecule has 3 rings (SSSR count). The van der Waals surface area contributed by atoms with Gasteiger partial charge in [-0.1, -0.05) is 11.6 Å².